The van der Waals surface area contributed by atoms with Crippen LogP contribution in [0.1, 0.15) is 28.4 Å². The molecule has 0 unspecified atom stereocenters. The van der Waals surface area contributed by atoms with Crippen LogP contribution in [-0.2, 0) is 16.0 Å². The van der Waals surface area contributed by atoms with Crippen LogP contribution in [0.4, 0.5) is 0 Å². The predicted octanol–water partition coefficient (Wildman–Crippen LogP) is 2.78. The number of ketones is 1. The zero-order valence-electron chi connectivity index (χ0n) is 9.53. The van der Waals surface area contributed by atoms with Gasteiger partial charge in [0.05, 0.1) is 17.7 Å². The van der Waals surface area contributed by atoms with Gasteiger partial charge in [-0.25, -0.2) is 0 Å². The van der Waals surface area contributed by atoms with Crippen LogP contribution in [0.15, 0.2) is 11.0 Å². The molecule has 0 spiro atoms. The molecule has 0 radical (unpaired) electrons. The molecule has 0 aliphatic rings. The van der Waals surface area contributed by atoms with Gasteiger partial charge in [0.1, 0.15) is 0 Å². The van der Waals surface area contributed by atoms with Crippen molar-refractivity contribution in [1.82, 2.24) is 0 Å². The van der Waals surface area contributed by atoms with E-state index in [2.05, 4.69) is 4.74 Å². The molecule has 88 valence electrons. The molecule has 1 aromatic rings. The van der Waals surface area contributed by atoms with E-state index in [0.29, 0.717) is 0 Å². The fourth-order valence-electron chi connectivity index (χ4n) is 1.15. The van der Waals surface area contributed by atoms with E-state index in [0.717, 1.165) is 21.1 Å². The van der Waals surface area contributed by atoms with Crippen molar-refractivity contribution in [2.24, 2.45) is 0 Å². The molecule has 0 saturated carbocycles. The summed E-state index contributed by atoms with van der Waals surface area (Å²) in [6.07, 6.45) is 0.906. The molecule has 1 rings (SSSR count). The van der Waals surface area contributed by atoms with Crippen molar-refractivity contribution in [2.75, 3.05) is 12.9 Å². The van der Waals surface area contributed by atoms with E-state index in [-0.39, 0.29) is 17.5 Å². The average Bonchev–Trinajstić information content (AvgIpc) is 2.69. The van der Waals surface area contributed by atoms with E-state index in [1.807, 2.05) is 13.0 Å². The number of Topliss-reactive ketones (excluding diaryl/α,β-unsaturated/α-hetero) is 1. The standard InChI is InChI=1S/C11H14O3S2/c1-4-8-5-9(11(16-8)7(2)12)15-6-10(13)14-3/h5H,4,6H2,1-3H3. The molecule has 1 heterocycles. The number of rotatable bonds is 5. The Balaban J connectivity index is 2.81. The second-order valence-corrected chi connectivity index (χ2v) is 5.33. The van der Waals surface area contributed by atoms with Crippen LogP contribution in [0.5, 0.6) is 0 Å². The van der Waals surface area contributed by atoms with Gasteiger partial charge in [-0.3, -0.25) is 9.59 Å². The Morgan fingerprint density at radius 3 is 2.69 bits per heavy atom. The highest BCUT2D eigenvalue weighted by Crippen LogP contribution is 2.31. The molecule has 16 heavy (non-hydrogen) atoms. The number of carbonyl (C=O) groups is 2. The molecule has 3 nitrogen and oxygen atoms in total. The molecule has 0 amide bonds. The van der Waals surface area contributed by atoms with E-state index < -0.39 is 0 Å². The Hall–Kier alpha value is -0.810. The summed E-state index contributed by atoms with van der Waals surface area (Å²) in [6, 6.07) is 1.98. The van der Waals surface area contributed by atoms with Crippen molar-refractivity contribution in [3.8, 4) is 0 Å². The van der Waals surface area contributed by atoms with Crippen molar-refractivity contribution in [3.63, 3.8) is 0 Å². The van der Waals surface area contributed by atoms with Gasteiger partial charge in [0.2, 0.25) is 0 Å². The van der Waals surface area contributed by atoms with Gasteiger partial charge in [-0.2, -0.15) is 0 Å². The minimum atomic E-state index is -0.274. The number of esters is 1. The number of thioether (sulfide) groups is 1. The maximum absolute atomic E-state index is 11.4. The van der Waals surface area contributed by atoms with E-state index in [4.69, 9.17) is 0 Å². The third-order valence-electron chi connectivity index (χ3n) is 1.99. The summed E-state index contributed by atoms with van der Waals surface area (Å²) in [5, 5.41) is 0. The predicted molar refractivity (Wildman–Crippen MR) is 66.4 cm³/mol. The highest BCUT2D eigenvalue weighted by atomic mass is 32.2. The number of aryl methyl sites for hydroxylation is 1. The first-order chi connectivity index (χ1) is 7.58. The Kier molecular flexibility index (Phi) is 5.02. The van der Waals surface area contributed by atoms with Gasteiger partial charge < -0.3 is 4.74 Å². The molecule has 0 aromatic carbocycles. The first kappa shape index (κ1) is 13.3. The summed E-state index contributed by atoms with van der Waals surface area (Å²) in [4.78, 5) is 25.2. The molecule has 1 aromatic heterocycles. The number of hydrogen-bond acceptors (Lipinski definition) is 5. The molecular weight excluding hydrogens is 244 g/mol. The average molecular weight is 258 g/mol. The van der Waals surface area contributed by atoms with Gasteiger partial charge >= 0.3 is 5.97 Å². The summed E-state index contributed by atoms with van der Waals surface area (Å²) in [5.41, 5.74) is 0. The first-order valence-corrected chi connectivity index (χ1v) is 6.72. The molecule has 0 fully saturated rings. The van der Waals surface area contributed by atoms with E-state index >= 15 is 0 Å². The Morgan fingerprint density at radius 2 is 2.19 bits per heavy atom. The molecule has 0 aliphatic carbocycles. The quantitative estimate of drug-likeness (QED) is 0.463. The lowest BCUT2D eigenvalue weighted by Gasteiger charge is -1.99. The molecule has 0 N–H and O–H groups in total. The smallest absolute Gasteiger partial charge is 0.315 e. The number of methoxy groups -OCH3 is 1. The highest BCUT2D eigenvalue weighted by molar-refractivity contribution is 8.00. The molecule has 5 heteroatoms. The first-order valence-electron chi connectivity index (χ1n) is 4.91. The van der Waals surface area contributed by atoms with Crippen LogP contribution in [0.2, 0.25) is 0 Å². The Morgan fingerprint density at radius 1 is 1.50 bits per heavy atom. The van der Waals surface area contributed by atoms with E-state index in [1.54, 1.807) is 6.92 Å². The van der Waals surface area contributed by atoms with Crippen molar-refractivity contribution in [3.05, 3.63) is 15.8 Å². The van der Waals surface area contributed by atoms with Crippen LogP contribution in [-0.4, -0.2) is 24.6 Å². The molecule has 0 aliphatic heterocycles. The van der Waals surface area contributed by atoms with Gasteiger partial charge in [0, 0.05) is 9.77 Å². The zero-order valence-corrected chi connectivity index (χ0v) is 11.2. The number of carbonyl (C=O) groups excluding carboxylic acids is 2. The van der Waals surface area contributed by atoms with Crippen LogP contribution >= 0.6 is 23.1 Å². The fraction of sp³-hybridized carbons (Fsp3) is 0.455. The van der Waals surface area contributed by atoms with Crippen LogP contribution in [0.25, 0.3) is 0 Å². The summed E-state index contributed by atoms with van der Waals surface area (Å²) < 4.78 is 4.56. The third-order valence-corrected chi connectivity index (χ3v) is 4.51. The normalized spacial score (nSPS) is 10.2. The molecular formula is C11H14O3S2. The molecule has 0 bridgehead atoms. The number of hydrogen-bond donors (Lipinski definition) is 0. The van der Waals surface area contributed by atoms with Crippen molar-refractivity contribution in [1.29, 1.82) is 0 Å². The summed E-state index contributed by atoms with van der Waals surface area (Å²) in [6.45, 7) is 3.60. The van der Waals surface area contributed by atoms with Crippen molar-refractivity contribution in [2.45, 2.75) is 25.2 Å². The van der Waals surface area contributed by atoms with Gasteiger partial charge in [0.25, 0.3) is 0 Å². The second-order valence-electron chi connectivity index (χ2n) is 3.18. The highest BCUT2D eigenvalue weighted by Gasteiger charge is 2.14. The number of ether oxygens (including phenoxy) is 1. The van der Waals surface area contributed by atoms with Gasteiger partial charge in [-0.15, -0.1) is 23.1 Å². The minimum absolute atomic E-state index is 0.0528. The molecule has 0 saturated heterocycles. The SMILES string of the molecule is CCc1cc(SCC(=O)OC)c(C(C)=O)s1. The van der Waals surface area contributed by atoms with Crippen molar-refractivity contribution >= 4 is 34.9 Å². The summed E-state index contributed by atoms with van der Waals surface area (Å²) in [5.74, 6) is 0.0252. The topological polar surface area (TPSA) is 43.4 Å². The lowest BCUT2D eigenvalue weighted by Crippen LogP contribution is -2.03. The summed E-state index contributed by atoms with van der Waals surface area (Å²) in [7, 11) is 1.36. The zero-order chi connectivity index (χ0) is 12.1. The lowest BCUT2D eigenvalue weighted by atomic mass is 10.3. The maximum Gasteiger partial charge on any atom is 0.315 e. The second kappa shape index (κ2) is 6.06. The van der Waals surface area contributed by atoms with Crippen LogP contribution in [0, 0.1) is 0 Å². The summed E-state index contributed by atoms with van der Waals surface area (Å²) >= 11 is 2.86. The van der Waals surface area contributed by atoms with Crippen LogP contribution in [0.3, 0.4) is 0 Å². The van der Waals surface area contributed by atoms with Crippen molar-refractivity contribution < 1.29 is 14.3 Å². The Labute approximate surface area is 103 Å². The minimum Gasteiger partial charge on any atom is -0.468 e. The van der Waals surface area contributed by atoms with E-state index in [1.165, 1.54) is 30.2 Å². The monoisotopic (exact) mass is 258 g/mol. The molecule has 0 atom stereocenters. The fourth-order valence-corrected chi connectivity index (χ4v) is 3.30. The van der Waals surface area contributed by atoms with Crippen LogP contribution < -0.4 is 0 Å². The largest absolute Gasteiger partial charge is 0.468 e. The Bertz CT molecular complexity index is 396. The van der Waals surface area contributed by atoms with Gasteiger partial charge in [0.15, 0.2) is 5.78 Å². The maximum atomic E-state index is 11.4. The third kappa shape index (κ3) is 3.35. The van der Waals surface area contributed by atoms with Gasteiger partial charge in [-0.05, 0) is 19.4 Å². The lowest BCUT2D eigenvalue weighted by molar-refractivity contribution is -0.137. The van der Waals surface area contributed by atoms with E-state index in [9.17, 15) is 9.59 Å². The van der Waals surface area contributed by atoms with Gasteiger partial charge in [-0.1, -0.05) is 6.92 Å². The number of thiophene rings is 1.